The summed E-state index contributed by atoms with van der Waals surface area (Å²) in [5, 5.41) is 15.4. The number of amides is 1. The number of hydrogen-bond acceptors (Lipinski definition) is 6. The Bertz CT molecular complexity index is 672. The third kappa shape index (κ3) is 3.53. The minimum absolute atomic E-state index is 0.0893. The third-order valence-corrected chi connectivity index (χ3v) is 4.28. The molecule has 0 saturated carbocycles. The van der Waals surface area contributed by atoms with Crippen molar-refractivity contribution >= 4 is 11.7 Å². The van der Waals surface area contributed by atoms with Gasteiger partial charge in [-0.3, -0.25) is 9.48 Å². The van der Waals surface area contributed by atoms with E-state index in [0.717, 1.165) is 37.4 Å². The molecule has 2 aromatic heterocycles. The molecule has 3 rings (SSSR count). The van der Waals surface area contributed by atoms with Crippen molar-refractivity contribution in [3.05, 3.63) is 36.3 Å². The molecule has 1 amide bonds. The Morgan fingerprint density at radius 2 is 2.17 bits per heavy atom. The predicted octanol–water partition coefficient (Wildman–Crippen LogP) is 0.209. The largest absolute Gasteiger partial charge is 0.353 e. The van der Waals surface area contributed by atoms with E-state index in [-0.39, 0.29) is 11.9 Å². The van der Waals surface area contributed by atoms with Crippen LogP contribution < -0.4 is 10.2 Å². The zero-order chi connectivity index (χ0) is 16.9. The van der Waals surface area contributed by atoms with Crippen molar-refractivity contribution in [3.63, 3.8) is 0 Å². The molecule has 0 aliphatic carbocycles. The Hall–Kier alpha value is -2.48. The molecule has 0 spiro atoms. The second kappa shape index (κ2) is 7.39. The van der Waals surface area contributed by atoms with Crippen molar-refractivity contribution in [1.29, 1.82) is 0 Å². The molecule has 3 heterocycles. The molecule has 2 aromatic rings. The van der Waals surface area contributed by atoms with Crippen LogP contribution in [0.1, 0.15) is 18.0 Å². The molecule has 24 heavy (non-hydrogen) atoms. The Kier molecular flexibility index (Phi) is 5.05. The maximum Gasteiger partial charge on any atom is 0.244 e. The lowest BCUT2D eigenvalue weighted by molar-refractivity contribution is -0.133. The van der Waals surface area contributed by atoms with Crippen LogP contribution >= 0.6 is 0 Å². The second-order valence-electron chi connectivity index (χ2n) is 5.92. The first-order valence-corrected chi connectivity index (χ1v) is 8.16. The average Bonchev–Trinajstić information content (AvgIpc) is 2.88. The van der Waals surface area contributed by atoms with Gasteiger partial charge in [-0.05, 0) is 25.6 Å². The van der Waals surface area contributed by atoms with Gasteiger partial charge in [0.05, 0.1) is 6.20 Å². The van der Waals surface area contributed by atoms with Crippen LogP contribution in [-0.4, -0.2) is 64.0 Å². The van der Waals surface area contributed by atoms with Gasteiger partial charge in [0, 0.05) is 51.2 Å². The number of rotatable bonds is 4. The van der Waals surface area contributed by atoms with Gasteiger partial charge in [0.25, 0.3) is 0 Å². The van der Waals surface area contributed by atoms with Crippen LogP contribution in [0.2, 0.25) is 0 Å². The summed E-state index contributed by atoms with van der Waals surface area (Å²) in [5.74, 6) is 0.954. The van der Waals surface area contributed by atoms with Gasteiger partial charge >= 0.3 is 0 Å². The number of aryl methyl sites for hydroxylation is 1. The number of hydrogen-bond donors (Lipinski definition) is 1. The van der Waals surface area contributed by atoms with E-state index in [1.807, 2.05) is 30.3 Å². The Labute approximate surface area is 141 Å². The van der Waals surface area contributed by atoms with E-state index in [9.17, 15) is 4.79 Å². The molecule has 1 fully saturated rings. The number of aromatic nitrogens is 4. The van der Waals surface area contributed by atoms with Crippen LogP contribution in [0.25, 0.3) is 0 Å². The summed E-state index contributed by atoms with van der Waals surface area (Å²) in [6, 6.07) is 3.48. The van der Waals surface area contributed by atoms with Gasteiger partial charge in [0.2, 0.25) is 5.91 Å². The highest BCUT2D eigenvalue weighted by molar-refractivity contribution is 5.83. The molecule has 1 N–H and O–H groups in total. The van der Waals surface area contributed by atoms with E-state index in [0.29, 0.717) is 6.54 Å². The van der Waals surface area contributed by atoms with E-state index >= 15 is 0 Å². The number of nitrogens with one attached hydrogen (secondary N) is 1. The lowest BCUT2D eigenvalue weighted by Crippen LogP contribution is -2.41. The van der Waals surface area contributed by atoms with Gasteiger partial charge in [-0.25, -0.2) is 0 Å². The topological polar surface area (TPSA) is 79.2 Å². The van der Waals surface area contributed by atoms with Crippen LogP contribution in [0.3, 0.4) is 0 Å². The van der Waals surface area contributed by atoms with Crippen LogP contribution in [0.4, 0.5) is 5.82 Å². The summed E-state index contributed by atoms with van der Waals surface area (Å²) in [7, 11) is 3.66. The van der Waals surface area contributed by atoms with Gasteiger partial charge in [0.15, 0.2) is 5.82 Å². The molecule has 0 aromatic carbocycles. The molecule has 8 heteroatoms. The Morgan fingerprint density at radius 1 is 1.29 bits per heavy atom. The molecule has 1 atom stereocenters. The van der Waals surface area contributed by atoms with E-state index < -0.39 is 0 Å². The highest BCUT2D eigenvalue weighted by Gasteiger charge is 2.27. The lowest BCUT2D eigenvalue weighted by Gasteiger charge is -2.26. The molecule has 1 saturated heterocycles. The van der Waals surface area contributed by atoms with Gasteiger partial charge in [-0.1, -0.05) is 0 Å². The molecule has 1 aliphatic heterocycles. The van der Waals surface area contributed by atoms with Crippen LogP contribution in [-0.2, 0) is 11.8 Å². The predicted molar refractivity (Wildman–Crippen MR) is 90.5 cm³/mol. The van der Waals surface area contributed by atoms with Gasteiger partial charge in [-0.15, -0.1) is 5.10 Å². The molecular weight excluding hydrogens is 306 g/mol. The fraction of sp³-hybridized carbons (Fsp3) is 0.500. The maximum absolute atomic E-state index is 12.9. The molecule has 8 nitrogen and oxygen atoms in total. The highest BCUT2D eigenvalue weighted by atomic mass is 16.2. The zero-order valence-electron chi connectivity index (χ0n) is 14.1. The van der Waals surface area contributed by atoms with Crippen LogP contribution in [0.5, 0.6) is 0 Å². The van der Waals surface area contributed by atoms with E-state index in [1.54, 1.807) is 24.1 Å². The van der Waals surface area contributed by atoms with Crippen molar-refractivity contribution in [2.24, 2.45) is 7.05 Å². The van der Waals surface area contributed by atoms with Crippen molar-refractivity contribution < 1.29 is 4.79 Å². The van der Waals surface area contributed by atoms with Crippen molar-refractivity contribution in [2.45, 2.75) is 12.5 Å². The fourth-order valence-electron chi connectivity index (χ4n) is 3.03. The van der Waals surface area contributed by atoms with Crippen molar-refractivity contribution in [1.82, 2.24) is 30.2 Å². The molecule has 0 bridgehead atoms. The quantitative estimate of drug-likeness (QED) is 0.864. The molecule has 1 unspecified atom stereocenters. The SMILES string of the molecule is CNC(C(=O)N1CCCN(c2cccnn2)CC1)c1cnn(C)c1. The van der Waals surface area contributed by atoms with Crippen molar-refractivity contribution in [3.8, 4) is 0 Å². The maximum atomic E-state index is 12.9. The molecule has 128 valence electrons. The summed E-state index contributed by atoms with van der Waals surface area (Å²) in [4.78, 5) is 17.0. The van der Waals surface area contributed by atoms with Gasteiger partial charge in [-0.2, -0.15) is 10.2 Å². The van der Waals surface area contributed by atoms with Gasteiger partial charge in [0.1, 0.15) is 6.04 Å². The normalized spacial score (nSPS) is 16.8. The summed E-state index contributed by atoms with van der Waals surface area (Å²) < 4.78 is 1.71. The van der Waals surface area contributed by atoms with E-state index in [1.165, 1.54) is 0 Å². The summed E-state index contributed by atoms with van der Waals surface area (Å²) in [5.41, 5.74) is 0.889. The minimum atomic E-state index is -0.359. The average molecular weight is 329 g/mol. The Morgan fingerprint density at radius 3 is 2.83 bits per heavy atom. The summed E-state index contributed by atoms with van der Waals surface area (Å²) in [6.45, 7) is 3.05. The summed E-state index contributed by atoms with van der Waals surface area (Å²) >= 11 is 0. The Balaban J connectivity index is 1.67. The lowest BCUT2D eigenvalue weighted by atomic mass is 10.1. The fourth-order valence-corrected chi connectivity index (χ4v) is 3.03. The monoisotopic (exact) mass is 329 g/mol. The van der Waals surface area contributed by atoms with Crippen molar-refractivity contribution in [2.75, 3.05) is 38.1 Å². The smallest absolute Gasteiger partial charge is 0.244 e. The summed E-state index contributed by atoms with van der Waals surface area (Å²) in [6.07, 6.45) is 6.19. The number of carbonyl (C=O) groups excluding carboxylic acids is 1. The van der Waals surface area contributed by atoms with Crippen LogP contribution in [0, 0.1) is 0 Å². The number of likely N-dealkylation sites (N-methyl/N-ethyl adjacent to an activating group) is 1. The number of nitrogens with zero attached hydrogens (tertiary/aromatic N) is 6. The first kappa shape index (κ1) is 16.4. The van der Waals surface area contributed by atoms with E-state index in [2.05, 4.69) is 25.5 Å². The van der Waals surface area contributed by atoms with E-state index in [4.69, 9.17) is 0 Å². The molecular formula is C16H23N7O. The zero-order valence-corrected chi connectivity index (χ0v) is 14.1. The second-order valence-corrected chi connectivity index (χ2v) is 5.92. The highest BCUT2D eigenvalue weighted by Crippen LogP contribution is 2.18. The molecule has 1 aliphatic rings. The first-order chi connectivity index (χ1) is 11.7. The minimum Gasteiger partial charge on any atom is -0.353 e. The van der Waals surface area contributed by atoms with Gasteiger partial charge < -0.3 is 15.1 Å². The number of anilines is 1. The third-order valence-electron chi connectivity index (χ3n) is 4.28. The standard InChI is InChI=1S/C16H23N7O/c1-17-15(13-11-19-21(2)12-13)16(24)23-8-4-7-22(9-10-23)14-5-3-6-18-20-14/h3,5-6,11-12,15,17H,4,7-10H2,1-2H3. The van der Waals surface area contributed by atoms with Crippen LogP contribution in [0.15, 0.2) is 30.7 Å². The molecule has 0 radical (unpaired) electrons. The first-order valence-electron chi connectivity index (χ1n) is 8.16. The number of carbonyl (C=O) groups is 1.